The normalized spacial score (nSPS) is 12.6. The van der Waals surface area contributed by atoms with Gasteiger partial charge in [-0.15, -0.1) is 11.8 Å². The molecule has 24 heavy (non-hydrogen) atoms. The van der Waals surface area contributed by atoms with Crippen LogP contribution in [0.5, 0.6) is 0 Å². The van der Waals surface area contributed by atoms with Crippen molar-refractivity contribution in [1.29, 1.82) is 0 Å². The van der Waals surface area contributed by atoms with Gasteiger partial charge in [0.25, 0.3) is 0 Å². The monoisotopic (exact) mass is 428 g/mol. The van der Waals surface area contributed by atoms with Crippen LogP contribution in [-0.2, 0) is 14.8 Å². The minimum Gasteiger partial charge on any atom is -0.325 e. The van der Waals surface area contributed by atoms with Gasteiger partial charge in [0.1, 0.15) is 0 Å². The topological polar surface area (TPSA) is 75.3 Å². The van der Waals surface area contributed by atoms with Crippen LogP contribution >= 0.6 is 27.7 Å². The van der Waals surface area contributed by atoms with E-state index in [0.29, 0.717) is 5.69 Å². The van der Waals surface area contributed by atoms with Gasteiger partial charge >= 0.3 is 0 Å². The number of carbonyl (C=O) groups is 1. The zero-order valence-corrected chi connectivity index (χ0v) is 16.3. The average molecular weight is 429 g/mol. The summed E-state index contributed by atoms with van der Waals surface area (Å²) in [5.74, 6) is -0.422. The van der Waals surface area contributed by atoms with Crippen LogP contribution in [0.1, 0.15) is 6.92 Å². The number of nitrogens with one attached hydrogen (secondary N) is 2. The number of amides is 1. The van der Waals surface area contributed by atoms with Gasteiger partial charge in [0.05, 0.1) is 10.9 Å². The summed E-state index contributed by atoms with van der Waals surface area (Å²) in [6, 6.07) is 12.7. The van der Waals surface area contributed by atoms with Crippen molar-refractivity contribution in [3.8, 4) is 0 Å². The van der Waals surface area contributed by atoms with Crippen molar-refractivity contribution in [2.24, 2.45) is 0 Å². The number of halogens is 1. The lowest BCUT2D eigenvalue weighted by atomic mass is 10.3. The molecule has 0 aliphatic carbocycles. The predicted molar refractivity (Wildman–Crippen MR) is 101 cm³/mol. The third-order valence-electron chi connectivity index (χ3n) is 3.19. The summed E-state index contributed by atoms with van der Waals surface area (Å²) < 4.78 is 27.8. The molecule has 0 fully saturated rings. The standard InChI is InChI=1S/C16H17BrN2O3S2/c1-11(16(20)18-13-4-3-5-14(10-13)23-2)19-24(21,22)15-8-6-12(17)7-9-15/h3-11,19H,1-2H3,(H,18,20). The first-order valence-corrected chi connectivity index (χ1v) is 10.5. The predicted octanol–water partition coefficient (Wildman–Crippen LogP) is 3.48. The Morgan fingerprint density at radius 2 is 1.83 bits per heavy atom. The van der Waals surface area contributed by atoms with Gasteiger partial charge in [0, 0.05) is 15.1 Å². The summed E-state index contributed by atoms with van der Waals surface area (Å²) in [4.78, 5) is 13.3. The van der Waals surface area contributed by atoms with E-state index in [9.17, 15) is 13.2 Å². The summed E-state index contributed by atoms with van der Waals surface area (Å²) in [5.41, 5.74) is 0.626. The van der Waals surface area contributed by atoms with Gasteiger partial charge in [0.15, 0.2) is 0 Å². The van der Waals surface area contributed by atoms with Crippen LogP contribution in [0.2, 0.25) is 0 Å². The second kappa shape index (κ2) is 8.15. The number of anilines is 1. The summed E-state index contributed by atoms with van der Waals surface area (Å²) in [5, 5.41) is 2.71. The first-order valence-electron chi connectivity index (χ1n) is 7.04. The van der Waals surface area contributed by atoms with E-state index in [1.807, 2.05) is 24.5 Å². The number of rotatable bonds is 6. The minimum absolute atomic E-state index is 0.106. The van der Waals surface area contributed by atoms with E-state index >= 15 is 0 Å². The van der Waals surface area contributed by atoms with Gasteiger partial charge in [-0.1, -0.05) is 22.0 Å². The maximum Gasteiger partial charge on any atom is 0.242 e. The molecular weight excluding hydrogens is 412 g/mol. The Kier molecular flexibility index (Phi) is 6.45. The van der Waals surface area contributed by atoms with Gasteiger partial charge in [-0.05, 0) is 55.6 Å². The van der Waals surface area contributed by atoms with Crippen LogP contribution < -0.4 is 10.0 Å². The lowest BCUT2D eigenvalue weighted by Crippen LogP contribution is -2.41. The quantitative estimate of drug-likeness (QED) is 0.690. The van der Waals surface area contributed by atoms with Gasteiger partial charge < -0.3 is 5.32 Å². The van der Waals surface area contributed by atoms with E-state index in [2.05, 4.69) is 26.0 Å². The fraction of sp³-hybridized carbons (Fsp3) is 0.188. The number of carbonyl (C=O) groups excluding carboxylic acids is 1. The molecule has 0 radical (unpaired) electrons. The summed E-state index contributed by atoms with van der Waals surface area (Å²) >= 11 is 4.81. The van der Waals surface area contributed by atoms with Crippen LogP contribution in [0.25, 0.3) is 0 Å². The lowest BCUT2D eigenvalue weighted by molar-refractivity contribution is -0.117. The molecule has 0 heterocycles. The third kappa shape index (κ3) is 5.07. The SMILES string of the molecule is CSc1cccc(NC(=O)C(C)NS(=O)(=O)c2ccc(Br)cc2)c1. The van der Waals surface area contributed by atoms with E-state index in [0.717, 1.165) is 9.37 Å². The van der Waals surface area contributed by atoms with E-state index in [1.165, 1.54) is 19.1 Å². The molecule has 2 aromatic carbocycles. The Labute approximate surface area is 154 Å². The highest BCUT2D eigenvalue weighted by molar-refractivity contribution is 9.10. The molecule has 2 aromatic rings. The number of hydrogen-bond donors (Lipinski definition) is 2. The summed E-state index contributed by atoms with van der Waals surface area (Å²) in [6.45, 7) is 1.50. The lowest BCUT2D eigenvalue weighted by Gasteiger charge is -2.15. The molecule has 1 unspecified atom stereocenters. The molecule has 0 saturated heterocycles. The van der Waals surface area contributed by atoms with E-state index < -0.39 is 22.0 Å². The zero-order chi connectivity index (χ0) is 17.7. The molecule has 1 atom stereocenters. The molecule has 0 aliphatic heterocycles. The fourth-order valence-electron chi connectivity index (χ4n) is 1.92. The van der Waals surface area contributed by atoms with Crippen molar-refractivity contribution in [2.75, 3.05) is 11.6 Å². The highest BCUT2D eigenvalue weighted by atomic mass is 79.9. The minimum atomic E-state index is -3.76. The Hall–Kier alpha value is -1.35. The maximum absolute atomic E-state index is 12.3. The smallest absolute Gasteiger partial charge is 0.242 e. The molecule has 0 bridgehead atoms. The van der Waals surface area contributed by atoms with Gasteiger partial charge in [-0.25, -0.2) is 8.42 Å². The van der Waals surface area contributed by atoms with Crippen molar-refractivity contribution < 1.29 is 13.2 Å². The zero-order valence-electron chi connectivity index (χ0n) is 13.1. The van der Waals surface area contributed by atoms with Crippen molar-refractivity contribution in [3.05, 3.63) is 53.0 Å². The Morgan fingerprint density at radius 1 is 1.17 bits per heavy atom. The van der Waals surface area contributed by atoms with Gasteiger partial charge in [-0.2, -0.15) is 4.72 Å². The molecule has 8 heteroatoms. The second-order valence-electron chi connectivity index (χ2n) is 5.02. The van der Waals surface area contributed by atoms with Crippen LogP contribution in [0, 0.1) is 0 Å². The molecule has 0 aliphatic rings. The number of sulfonamides is 1. The summed E-state index contributed by atoms with van der Waals surface area (Å²) in [7, 11) is -3.76. The average Bonchev–Trinajstić information content (AvgIpc) is 2.55. The maximum atomic E-state index is 12.3. The number of hydrogen-bond acceptors (Lipinski definition) is 4. The molecule has 0 saturated carbocycles. The molecular formula is C16H17BrN2O3S2. The molecule has 2 N–H and O–H groups in total. The first-order chi connectivity index (χ1) is 11.3. The van der Waals surface area contributed by atoms with E-state index in [4.69, 9.17) is 0 Å². The molecule has 0 spiro atoms. The fourth-order valence-corrected chi connectivity index (χ4v) is 3.85. The molecule has 2 rings (SSSR count). The number of benzene rings is 2. The highest BCUT2D eigenvalue weighted by Gasteiger charge is 2.22. The van der Waals surface area contributed by atoms with Crippen molar-refractivity contribution in [1.82, 2.24) is 4.72 Å². The Balaban J connectivity index is 2.06. The number of thioether (sulfide) groups is 1. The molecule has 5 nitrogen and oxygen atoms in total. The third-order valence-corrected chi connectivity index (χ3v) is 6.00. The Bertz CT molecular complexity index is 823. The van der Waals surface area contributed by atoms with Gasteiger partial charge in [0.2, 0.25) is 15.9 Å². The van der Waals surface area contributed by atoms with Crippen molar-refractivity contribution in [2.45, 2.75) is 22.8 Å². The highest BCUT2D eigenvalue weighted by Crippen LogP contribution is 2.19. The van der Waals surface area contributed by atoms with E-state index in [1.54, 1.807) is 30.0 Å². The molecule has 0 aromatic heterocycles. The van der Waals surface area contributed by atoms with Crippen LogP contribution in [-0.4, -0.2) is 26.6 Å². The largest absolute Gasteiger partial charge is 0.325 e. The van der Waals surface area contributed by atoms with Crippen LogP contribution in [0.4, 0.5) is 5.69 Å². The van der Waals surface area contributed by atoms with Crippen LogP contribution in [0.15, 0.2) is 62.8 Å². The van der Waals surface area contributed by atoms with Crippen LogP contribution in [0.3, 0.4) is 0 Å². The molecule has 1 amide bonds. The Morgan fingerprint density at radius 3 is 2.46 bits per heavy atom. The first kappa shape index (κ1) is 19.0. The summed E-state index contributed by atoms with van der Waals surface area (Å²) in [6.07, 6.45) is 1.94. The molecule has 128 valence electrons. The van der Waals surface area contributed by atoms with Crippen molar-refractivity contribution in [3.63, 3.8) is 0 Å². The van der Waals surface area contributed by atoms with Gasteiger partial charge in [-0.3, -0.25) is 4.79 Å². The van der Waals surface area contributed by atoms with E-state index in [-0.39, 0.29) is 4.90 Å². The second-order valence-corrected chi connectivity index (χ2v) is 8.53. The van der Waals surface area contributed by atoms with Crippen molar-refractivity contribution >= 4 is 49.3 Å².